The Morgan fingerprint density at radius 2 is 1.65 bits per heavy atom. The average Bonchev–Trinajstić information content (AvgIpc) is 2.74. The number of methoxy groups -OCH3 is 1. The number of carbonyl (C=O) groups excluding carboxylic acids is 2. The third-order valence-corrected chi connectivity index (χ3v) is 4.82. The lowest BCUT2D eigenvalue weighted by atomic mass is 9.74. The molecule has 164 valence electrons. The number of esters is 1. The summed E-state index contributed by atoms with van der Waals surface area (Å²) < 4.78 is 50.4. The molecule has 0 aliphatic carbocycles. The number of hydrogen-bond donors (Lipinski definition) is 0. The summed E-state index contributed by atoms with van der Waals surface area (Å²) in [4.78, 5) is 26.4. The van der Waals surface area contributed by atoms with Crippen LogP contribution in [0.15, 0.2) is 48.5 Å². The molecule has 0 N–H and O–H groups in total. The quantitative estimate of drug-likeness (QED) is 0.262. The predicted octanol–water partition coefficient (Wildman–Crippen LogP) is 4.66. The standard InChI is InChI=1S/C23H22F3NO4/c1-15(2)16-8-10-17(11-9-16)22(14-27,21(29)31-13-12-30-3)20(28)18-6-4-5-7-19(18)23(24,25)26/h4-11,15H,12-13H2,1-3H3. The van der Waals surface area contributed by atoms with E-state index in [4.69, 9.17) is 9.47 Å². The minimum atomic E-state index is -4.85. The number of alkyl halides is 3. The molecule has 2 aromatic rings. The van der Waals surface area contributed by atoms with E-state index in [-0.39, 0.29) is 24.7 Å². The highest BCUT2D eigenvalue weighted by atomic mass is 19.4. The van der Waals surface area contributed by atoms with Crippen molar-refractivity contribution in [3.8, 4) is 6.07 Å². The Kier molecular flexibility index (Phi) is 7.58. The van der Waals surface area contributed by atoms with E-state index in [1.807, 2.05) is 13.8 Å². The van der Waals surface area contributed by atoms with E-state index < -0.39 is 34.5 Å². The van der Waals surface area contributed by atoms with E-state index in [1.54, 1.807) is 18.2 Å². The molecule has 0 spiro atoms. The van der Waals surface area contributed by atoms with E-state index in [9.17, 15) is 28.0 Å². The van der Waals surface area contributed by atoms with E-state index >= 15 is 0 Å². The maximum absolute atomic E-state index is 13.5. The third kappa shape index (κ3) is 4.94. The van der Waals surface area contributed by atoms with Gasteiger partial charge in [0, 0.05) is 12.7 Å². The Hall–Kier alpha value is -3.18. The molecule has 0 aliphatic rings. The van der Waals surface area contributed by atoms with Crippen molar-refractivity contribution in [2.45, 2.75) is 31.4 Å². The molecule has 5 nitrogen and oxygen atoms in total. The Labute approximate surface area is 178 Å². The van der Waals surface area contributed by atoms with Gasteiger partial charge in [-0.1, -0.05) is 56.3 Å². The summed E-state index contributed by atoms with van der Waals surface area (Å²) in [6, 6.07) is 11.7. The molecule has 0 aliphatic heterocycles. The van der Waals surface area contributed by atoms with Gasteiger partial charge in [-0.15, -0.1) is 0 Å². The Bertz CT molecular complexity index is 978. The monoisotopic (exact) mass is 433 g/mol. The Balaban J connectivity index is 2.69. The van der Waals surface area contributed by atoms with Crippen molar-refractivity contribution in [1.82, 2.24) is 0 Å². The van der Waals surface area contributed by atoms with Crippen LogP contribution in [-0.4, -0.2) is 32.1 Å². The highest BCUT2D eigenvalue weighted by Gasteiger charge is 2.52. The van der Waals surface area contributed by atoms with Gasteiger partial charge in [0.15, 0.2) is 5.78 Å². The fourth-order valence-electron chi connectivity index (χ4n) is 3.08. The highest BCUT2D eigenvalue weighted by molar-refractivity contribution is 6.20. The first-order valence-corrected chi connectivity index (χ1v) is 9.48. The molecular formula is C23H22F3NO4. The maximum atomic E-state index is 13.5. The third-order valence-electron chi connectivity index (χ3n) is 4.82. The largest absolute Gasteiger partial charge is 0.461 e. The molecule has 2 rings (SSSR count). The van der Waals surface area contributed by atoms with Crippen LogP contribution in [0.4, 0.5) is 13.2 Å². The van der Waals surface area contributed by atoms with Gasteiger partial charge in [-0.05, 0) is 23.1 Å². The number of Topliss-reactive ketones (excluding diaryl/α,β-unsaturated/α-hetero) is 1. The summed E-state index contributed by atoms with van der Waals surface area (Å²) in [7, 11) is 1.36. The van der Waals surface area contributed by atoms with Crippen LogP contribution in [0.25, 0.3) is 0 Å². The molecule has 0 radical (unpaired) electrons. The van der Waals surface area contributed by atoms with E-state index in [0.717, 1.165) is 23.8 Å². The van der Waals surface area contributed by atoms with Crippen LogP contribution in [0.5, 0.6) is 0 Å². The highest BCUT2D eigenvalue weighted by Crippen LogP contribution is 2.37. The van der Waals surface area contributed by atoms with Crippen LogP contribution in [-0.2, 0) is 25.9 Å². The van der Waals surface area contributed by atoms with E-state index in [1.165, 1.54) is 25.3 Å². The minimum Gasteiger partial charge on any atom is -0.461 e. The molecule has 1 atom stereocenters. The molecular weight excluding hydrogens is 411 g/mol. The number of ether oxygens (including phenoxy) is 2. The van der Waals surface area contributed by atoms with Gasteiger partial charge in [-0.2, -0.15) is 18.4 Å². The van der Waals surface area contributed by atoms with E-state index in [0.29, 0.717) is 0 Å². The Morgan fingerprint density at radius 1 is 1.03 bits per heavy atom. The van der Waals surface area contributed by atoms with E-state index in [2.05, 4.69) is 0 Å². The second kappa shape index (κ2) is 9.75. The van der Waals surface area contributed by atoms with Crippen molar-refractivity contribution >= 4 is 11.8 Å². The van der Waals surface area contributed by atoms with Crippen LogP contribution in [0.3, 0.4) is 0 Å². The first kappa shape index (κ1) is 24.1. The Morgan fingerprint density at radius 3 is 2.16 bits per heavy atom. The summed E-state index contributed by atoms with van der Waals surface area (Å²) in [6.07, 6.45) is -4.85. The smallest absolute Gasteiger partial charge is 0.417 e. The number of rotatable bonds is 8. The number of nitriles is 1. The lowest BCUT2D eigenvalue weighted by molar-refractivity contribution is -0.148. The fraction of sp³-hybridized carbons (Fsp3) is 0.348. The topological polar surface area (TPSA) is 76.4 Å². The van der Waals surface area contributed by atoms with Crippen LogP contribution in [0, 0.1) is 11.3 Å². The van der Waals surface area contributed by atoms with Gasteiger partial charge in [0.05, 0.1) is 18.2 Å². The van der Waals surface area contributed by atoms with Crippen molar-refractivity contribution < 1.29 is 32.2 Å². The molecule has 0 saturated carbocycles. The number of ketones is 1. The molecule has 1 unspecified atom stereocenters. The average molecular weight is 433 g/mol. The summed E-state index contributed by atoms with van der Waals surface area (Å²) in [5.41, 5.74) is -3.82. The van der Waals surface area contributed by atoms with Gasteiger partial charge in [-0.3, -0.25) is 4.79 Å². The number of benzene rings is 2. The second-order valence-electron chi connectivity index (χ2n) is 7.14. The SMILES string of the molecule is COCCOC(=O)C(C#N)(C(=O)c1ccccc1C(F)(F)F)c1ccc(C(C)C)cc1. The van der Waals surface area contributed by atoms with Crippen molar-refractivity contribution in [2.75, 3.05) is 20.3 Å². The molecule has 0 fully saturated rings. The van der Waals surface area contributed by atoms with Crippen LogP contribution >= 0.6 is 0 Å². The van der Waals surface area contributed by atoms with Gasteiger partial charge in [0.25, 0.3) is 0 Å². The van der Waals surface area contributed by atoms with Crippen LogP contribution < -0.4 is 0 Å². The van der Waals surface area contributed by atoms with Crippen LogP contribution in [0.1, 0.15) is 46.8 Å². The van der Waals surface area contributed by atoms with Crippen molar-refractivity contribution in [1.29, 1.82) is 5.26 Å². The first-order valence-electron chi connectivity index (χ1n) is 9.48. The molecule has 0 bridgehead atoms. The fourth-order valence-corrected chi connectivity index (χ4v) is 3.08. The minimum absolute atomic E-state index is 0.00708. The normalized spacial score (nSPS) is 13.4. The van der Waals surface area contributed by atoms with Crippen molar-refractivity contribution in [3.63, 3.8) is 0 Å². The summed E-state index contributed by atoms with van der Waals surface area (Å²) in [5, 5.41) is 9.98. The van der Waals surface area contributed by atoms with Gasteiger partial charge < -0.3 is 9.47 Å². The summed E-state index contributed by atoms with van der Waals surface area (Å²) in [6.45, 7) is 3.58. The molecule has 0 saturated heterocycles. The van der Waals surface area contributed by atoms with Crippen molar-refractivity contribution in [2.24, 2.45) is 0 Å². The molecule has 31 heavy (non-hydrogen) atoms. The summed E-state index contributed by atoms with van der Waals surface area (Å²) in [5.74, 6) is -2.44. The molecule has 8 heteroatoms. The van der Waals surface area contributed by atoms with Crippen LogP contribution in [0.2, 0.25) is 0 Å². The van der Waals surface area contributed by atoms with Gasteiger partial charge in [0.2, 0.25) is 5.41 Å². The zero-order valence-electron chi connectivity index (χ0n) is 17.3. The molecule has 2 aromatic carbocycles. The second-order valence-corrected chi connectivity index (χ2v) is 7.14. The number of halogens is 3. The number of hydrogen-bond acceptors (Lipinski definition) is 5. The lowest BCUT2D eigenvalue weighted by Crippen LogP contribution is -2.45. The van der Waals surface area contributed by atoms with Gasteiger partial charge in [0.1, 0.15) is 6.61 Å². The zero-order valence-corrected chi connectivity index (χ0v) is 17.3. The number of carbonyl (C=O) groups is 2. The van der Waals surface area contributed by atoms with Gasteiger partial charge >= 0.3 is 12.1 Å². The number of nitrogens with zero attached hydrogens (tertiary/aromatic N) is 1. The van der Waals surface area contributed by atoms with Gasteiger partial charge in [-0.25, -0.2) is 4.79 Å². The maximum Gasteiger partial charge on any atom is 0.417 e. The zero-order chi connectivity index (χ0) is 23.2. The molecule has 0 heterocycles. The molecule has 0 amide bonds. The van der Waals surface area contributed by atoms with Crippen molar-refractivity contribution in [3.05, 3.63) is 70.8 Å². The molecule has 0 aromatic heterocycles. The first-order chi connectivity index (χ1) is 14.6. The summed E-state index contributed by atoms with van der Waals surface area (Å²) >= 11 is 0. The predicted molar refractivity (Wildman–Crippen MR) is 106 cm³/mol. The lowest BCUT2D eigenvalue weighted by Gasteiger charge is -2.25.